The van der Waals surface area contributed by atoms with Gasteiger partial charge in [0, 0.05) is 35.9 Å². The van der Waals surface area contributed by atoms with Gasteiger partial charge in [-0.05, 0) is 31.7 Å². The molecule has 2 N–H and O–H groups in total. The van der Waals surface area contributed by atoms with Gasteiger partial charge in [0.05, 0.1) is 28.1 Å². The lowest BCUT2D eigenvalue weighted by molar-refractivity contribution is -0.117. The monoisotopic (exact) mass is 500 g/mol. The lowest BCUT2D eigenvalue weighted by Crippen LogP contribution is -2.20. The molecule has 0 bridgehead atoms. The standard InChI is InChI=1S/C25H26ClFN4O2S/c1-16(18-5-3-4-6-19(18)26)33-21-11-22(34-23(21)12-24(28)32)20-13-29-25-8-7-17(15-31(20)25)14-30(2)10-9-27/h3-8,11,13,15-16H,9-10,12,14H2,1-2H3,(H2,28,32)/t16-/m1/s1. The Morgan fingerprint density at radius 3 is 2.85 bits per heavy atom. The quantitative estimate of drug-likeness (QED) is 0.321. The second-order valence-electron chi connectivity index (χ2n) is 8.16. The SMILES string of the molecule is C[C@@H](Oc1cc(-c2cnc3ccc(CN(C)CCF)cn23)sc1CC(N)=O)c1ccccc1Cl. The molecule has 0 saturated heterocycles. The molecule has 0 aliphatic rings. The minimum Gasteiger partial charge on any atom is -0.485 e. The number of aromatic nitrogens is 2. The topological polar surface area (TPSA) is 72.9 Å². The Labute approximate surface area is 206 Å². The molecule has 6 nitrogen and oxygen atoms in total. The van der Waals surface area contributed by atoms with Crippen molar-refractivity contribution in [2.24, 2.45) is 5.73 Å². The van der Waals surface area contributed by atoms with Crippen LogP contribution >= 0.6 is 22.9 Å². The Balaban J connectivity index is 1.68. The number of pyridine rings is 1. The highest BCUT2D eigenvalue weighted by atomic mass is 35.5. The third-order valence-corrected chi connectivity index (χ3v) is 6.97. The van der Waals surface area contributed by atoms with Crippen LogP contribution in [0.5, 0.6) is 5.75 Å². The van der Waals surface area contributed by atoms with Crippen molar-refractivity contribution in [3.63, 3.8) is 0 Å². The first-order valence-corrected chi connectivity index (χ1v) is 12.1. The molecule has 4 rings (SSSR count). The number of carbonyl (C=O) groups excluding carboxylic acids is 1. The number of hydrogen-bond donors (Lipinski definition) is 1. The molecular formula is C25H26ClFN4O2S. The first kappa shape index (κ1) is 24.2. The van der Waals surface area contributed by atoms with Crippen molar-refractivity contribution < 1.29 is 13.9 Å². The van der Waals surface area contributed by atoms with Gasteiger partial charge in [-0.15, -0.1) is 11.3 Å². The summed E-state index contributed by atoms with van der Waals surface area (Å²) in [5.41, 5.74) is 9.08. The average Bonchev–Trinajstić information content (AvgIpc) is 3.37. The van der Waals surface area contributed by atoms with Crippen LogP contribution in [0.15, 0.2) is 54.9 Å². The summed E-state index contributed by atoms with van der Waals surface area (Å²) in [5, 5.41) is 0.619. The largest absolute Gasteiger partial charge is 0.485 e. The lowest BCUT2D eigenvalue weighted by Gasteiger charge is -2.16. The number of primary amides is 1. The molecule has 0 radical (unpaired) electrons. The summed E-state index contributed by atoms with van der Waals surface area (Å²) in [6.45, 7) is 2.53. The molecule has 34 heavy (non-hydrogen) atoms. The highest BCUT2D eigenvalue weighted by Crippen LogP contribution is 2.39. The number of nitrogens with two attached hydrogens (primary N) is 1. The number of benzene rings is 1. The van der Waals surface area contributed by atoms with E-state index in [4.69, 9.17) is 22.1 Å². The second-order valence-corrected chi connectivity index (χ2v) is 9.70. The van der Waals surface area contributed by atoms with E-state index in [1.54, 1.807) is 6.20 Å². The Hall–Kier alpha value is -2.94. The second kappa shape index (κ2) is 10.5. The molecular weight excluding hydrogens is 475 g/mol. The van der Waals surface area contributed by atoms with Gasteiger partial charge in [-0.25, -0.2) is 9.37 Å². The number of rotatable bonds is 10. The summed E-state index contributed by atoms with van der Waals surface area (Å²) in [4.78, 5) is 19.8. The minimum absolute atomic E-state index is 0.0747. The van der Waals surface area contributed by atoms with Crippen molar-refractivity contribution in [3.8, 4) is 16.3 Å². The molecule has 0 fully saturated rings. The van der Waals surface area contributed by atoms with Gasteiger partial charge < -0.3 is 10.5 Å². The summed E-state index contributed by atoms with van der Waals surface area (Å²) < 4.78 is 20.9. The maximum absolute atomic E-state index is 12.7. The Bertz CT molecular complexity index is 1310. The predicted molar refractivity (Wildman–Crippen MR) is 134 cm³/mol. The van der Waals surface area contributed by atoms with Crippen LogP contribution in [0.2, 0.25) is 5.02 Å². The van der Waals surface area contributed by atoms with E-state index >= 15 is 0 Å². The van der Waals surface area contributed by atoms with E-state index in [1.165, 1.54) is 11.3 Å². The number of ether oxygens (including phenoxy) is 1. The van der Waals surface area contributed by atoms with Crippen LogP contribution in [0.4, 0.5) is 4.39 Å². The van der Waals surface area contributed by atoms with Crippen molar-refractivity contribution in [2.75, 3.05) is 20.3 Å². The molecule has 3 aromatic heterocycles. The molecule has 9 heteroatoms. The molecule has 1 atom stereocenters. The maximum atomic E-state index is 12.7. The van der Waals surface area contributed by atoms with E-state index in [2.05, 4.69) is 4.98 Å². The van der Waals surface area contributed by atoms with E-state index in [9.17, 15) is 9.18 Å². The molecule has 1 amide bonds. The zero-order valence-corrected chi connectivity index (χ0v) is 20.6. The summed E-state index contributed by atoms with van der Waals surface area (Å²) in [6.07, 6.45) is 3.56. The number of nitrogens with zero attached hydrogens (tertiary/aromatic N) is 3. The maximum Gasteiger partial charge on any atom is 0.222 e. The fourth-order valence-corrected chi connectivity index (χ4v) is 5.21. The Morgan fingerprint density at radius 1 is 1.32 bits per heavy atom. The Kier molecular flexibility index (Phi) is 7.50. The first-order valence-electron chi connectivity index (χ1n) is 10.9. The fraction of sp³-hybridized carbons (Fsp3) is 0.280. The van der Waals surface area contributed by atoms with E-state index in [0.717, 1.165) is 32.2 Å². The van der Waals surface area contributed by atoms with Crippen molar-refractivity contribution >= 4 is 34.5 Å². The third-order valence-electron chi connectivity index (χ3n) is 5.49. The minimum atomic E-state index is -0.431. The molecule has 178 valence electrons. The smallest absolute Gasteiger partial charge is 0.222 e. The third kappa shape index (κ3) is 5.41. The van der Waals surface area contributed by atoms with E-state index in [-0.39, 0.29) is 19.2 Å². The first-order chi connectivity index (χ1) is 16.4. The molecule has 4 aromatic rings. The van der Waals surface area contributed by atoms with Gasteiger partial charge in [-0.3, -0.25) is 14.1 Å². The van der Waals surface area contributed by atoms with Crippen molar-refractivity contribution in [1.82, 2.24) is 14.3 Å². The highest BCUT2D eigenvalue weighted by molar-refractivity contribution is 7.15. The molecule has 0 unspecified atom stereocenters. The number of halogens is 2. The molecule has 3 heterocycles. The van der Waals surface area contributed by atoms with Gasteiger partial charge in [-0.2, -0.15) is 0 Å². The van der Waals surface area contributed by atoms with Crippen LogP contribution in [0.1, 0.15) is 29.0 Å². The average molecular weight is 501 g/mol. The number of imidazole rings is 1. The summed E-state index contributed by atoms with van der Waals surface area (Å²) in [6, 6.07) is 13.4. The van der Waals surface area contributed by atoms with E-state index in [0.29, 0.717) is 23.9 Å². The number of amides is 1. The Morgan fingerprint density at radius 2 is 2.12 bits per heavy atom. The van der Waals surface area contributed by atoms with Crippen LogP contribution in [0.25, 0.3) is 16.2 Å². The summed E-state index contributed by atoms with van der Waals surface area (Å²) >= 11 is 7.79. The van der Waals surface area contributed by atoms with E-state index in [1.807, 2.05) is 71.9 Å². The van der Waals surface area contributed by atoms with Crippen LogP contribution in [0.3, 0.4) is 0 Å². The van der Waals surface area contributed by atoms with Crippen molar-refractivity contribution in [3.05, 3.63) is 75.9 Å². The molecule has 0 aliphatic carbocycles. The van der Waals surface area contributed by atoms with Crippen LogP contribution < -0.4 is 10.5 Å². The zero-order valence-electron chi connectivity index (χ0n) is 19.0. The van der Waals surface area contributed by atoms with Gasteiger partial charge >= 0.3 is 0 Å². The van der Waals surface area contributed by atoms with E-state index < -0.39 is 5.91 Å². The number of fused-ring (bicyclic) bond motifs is 1. The molecule has 0 aliphatic heterocycles. The number of alkyl halides is 1. The fourth-order valence-electron chi connectivity index (χ4n) is 3.81. The lowest BCUT2D eigenvalue weighted by atomic mass is 10.1. The summed E-state index contributed by atoms with van der Waals surface area (Å²) in [5.74, 6) is 0.167. The highest BCUT2D eigenvalue weighted by Gasteiger charge is 2.20. The zero-order chi connectivity index (χ0) is 24.2. The van der Waals surface area contributed by atoms with Crippen LogP contribution in [-0.2, 0) is 17.8 Å². The van der Waals surface area contributed by atoms with Gasteiger partial charge in [-0.1, -0.05) is 35.9 Å². The van der Waals surface area contributed by atoms with Gasteiger partial charge in [0.15, 0.2) is 0 Å². The van der Waals surface area contributed by atoms with Gasteiger partial charge in [0.1, 0.15) is 24.2 Å². The summed E-state index contributed by atoms with van der Waals surface area (Å²) in [7, 11) is 1.89. The number of thiophene rings is 1. The van der Waals surface area contributed by atoms with Gasteiger partial charge in [0.2, 0.25) is 5.91 Å². The molecule has 1 aromatic carbocycles. The number of hydrogen-bond acceptors (Lipinski definition) is 5. The molecule has 0 saturated carbocycles. The van der Waals surface area contributed by atoms with Gasteiger partial charge in [0.25, 0.3) is 0 Å². The number of carbonyl (C=O) groups is 1. The van der Waals surface area contributed by atoms with Crippen molar-refractivity contribution in [2.45, 2.75) is 26.0 Å². The van der Waals surface area contributed by atoms with Crippen LogP contribution in [-0.4, -0.2) is 40.5 Å². The predicted octanol–water partition coefficient (Wildman–Crippen LogP) is 5.29. The van der Waals surface area contributed by atoms with Crippen LogP contribution in [0, 0.1) is 0 Å². The van der Waals surface area contributed by atoms with Crippen molar-refractivity contribution in [1.29, 1.82) is 0 Å². The normalized spacial score (nSPS) is 12.4. The molecule has 0 spiro atoms.